The number of H-pyrrole nitrogens is 1. The molecule has 3 N–H and O–H groups in total. The van der Waals surface area contributed by atoms with Gasteiger partial charge >= 0.3 is 5.97 Å². The van der Waals surface area contributed by atoms with E-state index >= 15 is 0 Å². The Labute approximate surface area is 135 Å². The highest BCUT2D eigenvalue weighted by molar-refractivity contribution is 9.10. The minimum atomic E-state index is -0.517. The van der Waals surface area contributed by atoms with E-state index in [0.717, 1.165) is 21.3 Å². The van der Waals surface area contributed by atoms with Crippen LogP contribution in [0.25, 0.3) is 0 Å². The number of carbonyl (C=O) groups excluding carboxylic acids is 1. The normalized spacial score (nSPS) is 17.0. The molecular formula is C15H14BrN3O3. The highest BCUT2D eigenvalue weighted by atomic mass is 79.9. The van der Waals surface area contributed by atoms with Crippen LogP contribution in [0.1, 0.15) is 22.7 Å². The first-order chi connectivity index (χ1) is 10.5. The number of hydrogen-bond acceptors (Lipinski definition) is 5. The molecule has 1 aromatic heterocycles. The van der Waals surface area contributed by atoms with E-state index in [1.54, 1.807) is 0 Å². The zero-order valence-corrected chi connectivity index (χ0v) is 13.6. The number of ether oxygens (including phenoxy) is 2. The molecule has 3 rings (SSSR count). The zero-order valence-electron chi connectivity index (χ0n) is 12.0. The van der Waals surface area contributed by atoms with Crippen molar-refractivity contribution in [3.05, 3.63) is 57.0 Å². The van der Waals surface area contributed by atoms with Crippen molar-refractivity contribution in [2.45, 2.75) is 12.8 Å². The molecule has 114 valence electrons. The Morgan fingerprint density at radius 1 is 1.41 bits per heavy atom. The van der Waals surface area contributed by atoms with Gasteiger partial charge in [-0.2, -0.15) is 0 Å². The molecule has 0 saturated carbocycles. The van der Waals surface area contributed by atoms with Crippen LogP contribution in [0, 0.1) is 6.92 Å². The number of nitrogens with one attached hydrogen (secondary N) is 1. The van der Waals surface area contributed by atoms with Crippen molar-refractivity contribution in [1.82, 2.24) is 10.2 Å². The molecule has 1 atom stereocenters. The van der Waals surface area contributed by atoms with Gasteiger partial charge in [-0.25, -0.2) is 4.79 Å². The lowest BCUT2D eigenvalue weighted by atomic mass is 9.83. The number of halogens is 1. The number of fused-ring (bicyclic) bond motifs is 1. The van der Waals surface area contributed by atoms with Gasteiger partial charge in [0.1, 0.15) is 5.57 Å². The van der Waals surface area contributed by atoms with Crippen LogP contribution >= 0.6 is 15.9 Å². The summed E-state index contributed by atoms with van der Waals surface area (Å²) < 4.78 is 11.3. The quantitative estimate of drug-likeness (QED) is 0.799. The predicted molar refractivity (Wildman–Crippen MR) is 83.2 cm³/mol. The van der Waals surface area contributed by atoms with Crippen molar-refractivity contribution in [3.8, 4) is 5.88 Å². The van der Waals surface area contributed by atoms with Gasteiger partial charge in [0.2, 0.25) is 11.8 Å². The summed E-state index contributed by atoms with van der Waals surface area (Å²) >= 11 is 3.41. The summed E-state index contributed by atoms with van der Waals surface area (Å²) in [4.78, 5) is 12.2. The van der Waals surface area contributed by atoms with Crippen molar-refractivity contribution >= 4 is 21.9 Å². The summed E-state index contributed by atoms with van der Waals surface area (Å²) in [6.07, 6.45) is 0. The molecule has 1 aliphatic heterocycles. The van der Waals surface area contributed by atoms with E-state index in [1.165, 1.54) is 7.11 Å². The lowest BCUT2D eigenvalue weighted by Crippen LogP contribution is -2.27. The second-order valence-corrected chi connectivity index (χ2v) is 5.84. The minimum Gasteiger partial charge on any atom is -0.465 e. The minimum absolute atomic E-state index is 0.0127. The number of carbonyl (C=O) groups is 1. The first-order valence-electron chi connectivity index (χ1n) is 6.59. The molecule has 0 saturated heterocycles. The molecule has 0 bridgehead atoms. The number of aromatic nitrogens is 2. The number of benzene rings is 1. The van der Waals surface area contributed by atoms with Gasteiger partial charge in [0, 0.05) is 15.7 Å². The van der Waals surface area contributed by atoms with Crippen molar-refractivity contribution in [3.63, 3.8) is 0 Å². The number of nitrogens with zero attached hydrogens (tertiary/aromatic N) is 1. The summed E-state index contributed by atoms with van der Waals surface area (Å²) in [5.74, 6) is -0.506. The molecular weight excluding hydrogens is 350 g/mol. The average Bonchev–Trinajstić information content (AvgIpc) is 2.87. The third-order valence-corrected chi connectivity index (χ3v) is 4.15. The molecule has 7 heteroatoms. The Kier molecular flexibility index (Phi) is 3.66. The molecule has 0 aliphatic carbocycles. The first-order valence-corrected chi connectivity index (χ1v) is 7.38. The van der Waals surface area contributed by atoms with E-state index in [4.69, 9.17) is 15.2 Å². The largest absolute Gasteiger partial charge is 0.465 e. The summed E-state index contributed by atoms with van der Waals surface area (Å²) in [5, 5.41) is 6.97. The fourth-order valence-electron chi connectivity index (χ4n) is 2.60. The maximum atomic E-state index is 12.2. The number of nitrogens with two attached hydrogens (primary N) is 1. The fourth-order valence-corrected chi connectivity index (χ4v) is 2.86. The van der Waals surface area contributed by atoms with Crippen molar-refractivity contribution in [2.75, 3.05) is 7.11 Å². The van der Waals surface area contributed by atoms with Gasteiger partial charge in [-0.05, 0) is 24.6 Å². The fraction of sp³-hybridized carbons (Fsp3) is 0.200. The van der Waals surface area contributed by atoms with Crippen LogP contribution in [0.5, 0.6) is 5.88 Å². The van der Waals surface area contributed by atoms with Gasteiger partial charge in [-0.1, -0.05) is 28.1 Å². The molecule has 0 amide bonds. The van der Waals surface area contributed by atoms with Crippen molar-refractivity contribution in [2.24, 2.45) is 5.73 Å². The van der Waals surface area contributed by atoms with Crippen LogP contribution in [0.15, 0.2) is 40.2 Å². The van der Waals surface area contributed by atoms with Gasteiger partial charge in [-0.15, -0.1) is 5.10 Å². The molecule has 0 fully saturated rings. The van der Waals surface area contributed by atoms with E-state index in [9.17, 15) is 4.79 Å². The number of hydrogen-bond donors (Lipinski definition) is 2. The van der Waals surface area contributed by atoms with E-state index in [-0.39, 0.29) is 17.4 Å². The number of esters is 1. The van der Waals surface area contributed by atoms with E-state index in [2.05, 4.69) is 26.1 Å². The maximum Gasteiger partial charge on any atom is 0.340 e. The summed E-state index contributed by atoms with van der Waals surface area (Å²) in [6.45, 7) is 1.87. The molecule has 0 unspecified atom stereocenters. The molecule has 0 spiro atoms. The van der Waals surface area contributed by atoms with Crippen LogP contribution in [0.3, 0.4) is 0 Å². The van der Waals surface area contributed by atoms with Gasteiger partial charge in [0.05, 0.1) is 13.0 Å². The third-order valence-electron chi connectivity index (χ3n) is 3.62. The van der Waals surface area contributed by atoms with Crippen molar-refractivity contribution in [1.29, 1.82) is 0 Å². The van der Waals surface area contributed by atoms with Gasteiger partial charge in [0.25, 0.3) is 0 Å². The summed E-state index contributed by atoms with van der Waals surface area (Å²) in [6, 6.07) is 7.66. The first kappa shape index (κ1) is 14.6. The monoisotopic (exact) mass is 363 g/mol. The average molecular weight is 364 g/mol. The molecule has 1 aliphatic rings. The lowest BCUT2D eigenvalue weighted by Gasteiger charge is -2.25. The molecule has 2 heterocycles. The molecule has 1 aromatic carbocycles. The SMILES string of the molecule is COC(=O)C1=C(N)Oc2n[nH]c(C)c2[C@@H]1c1ccc(Br)cc1. The number of aromatic amines is 1. The number of methoxy groups -OCH3 is 1. The second kappa shape index (κ2) is 5.49. The van der Waals surface area contributed by atoms with Gasteiger partial charge in [-0.3, -0.25) is 5.10 Å². The van der Waals surface area contributed by atoms with E-state index in [0.29, 0.717) is 5.88 Å². The Balaban J connectivity index is 2.22. The lowest BCUT2D eigenvalue weighted by molar-refractivity contribution is -0.136. The number of aryl methyl sites for hydroxylation is 1. The van der Waals surface area contributed by atoms with E-state index < -0.39 is 5.97 Å². The van der Waals surface area contributed by atoms with Crippen LogP contribution < -0.4 is 10.5 Å². The highest BCUT2D eigenvalue weighted by Crippen LogP contribution is 2.43. The molecule has 2 aromatic rings. The number of rotatable bonds is 2. The molecule has 22 heavy (non-hydrogen) atoms. The zero-order chi connectivity index (χ0) is 15.9. The van der Waals surface area contributed by atoms with Crippen LogP contribution in [-0.4, -0.2) is 23.3 Å². The Bertz CT molecular complexity index is 765. The highest BCUT2D eigenvalue weighted by Gasteiger charge is 2.38. The second-order valence-electron chi connectivity index (χ2n) is 4.92. The topological polar surface area (TPSA) is 90.2 Å². The van der Waals surface area contributed by atoms with Crippen LogP contribution in [-0.2, 0) is 9.53 Å². The van der Waals surface area contributed by atoms with Gasteiger partial charge < -0.3 is 15.2 Å². The van der Waals surface area contributed by atoms with Gasteiger partial charge in [0.15, 0.2) is 0 Å². The Morgan fingerprint density at radius 2 is 2.09 bits per heavy atom. The molecule has 6 nitrogen and oxygen atoms in total. The smallest absolute Gasteiger partial charge is 0.340 e. The van der Waals surface area contributed by atoms with Crippen LogP contribution in [0.2, 0.25) is 0 Å². The maximum absolute atomic E-state index is 12.2. The van der Waals surface area contributed by atoms with E-state index in [1.807, 2.05) is 31.2 Å². The van der Waals surface area contributed by atoms with Crippen molar-refractivity contribution < 1.29 is 14.3 Å². The Hall–Kier alpha value is -2.28. The Morgan fingerprint density at radius 3 is 2.73 bits per heavy atom. The predicted octanol–water partition coefficient (Wildman–Crippen LogP) is 2.35. The van der Waals surface area contributed by atoms with Crippen LogP contribution in [0.4, 0.5) is 0 Å². The third kappa shape index (κ3) is 2.27. The summed E-state index contributed by atoms with van der Waals surface area (Å²) in [7, 11) is 1.32. The molecule has 0 radical (unpaired) electrons. The standard InChI is InChI=1S/C15H14BrN3O3/c1-7-10-11(8-3-5-9(16)6-4-8)12(15(20)21-2)13(17)22-14(10)19-18-7/h3-6,11H,17H2,1-2H3,(H,18,19)/t11-/m0/s1. The summed E-state index contributed by atoms with van der Waals surface area (Å²) in [5.41, 5.74) is 8.72.